The fraction of sp³-hybridized carbons (Fsp3) is 0.640. The van der Waals surface area contributed by atoms with Gasteiger partial charge >= 0.3 is 0 Å². The van der Waals surface area contributed by atoms with Crippen LogP contribution in [0.4, 0.5) is 0 Å². The number of aliphatic hydroxyl groups is 1. The van der Waals surface area contributed by atoms with Crippen LogP contribution in [0.1, 0.15) is 70.3 Å². The van der Waals surface area contributed by atoms with E-state index in [2.05, 4.69) is 28.4 Å². The van der Waals surface area contributed by atoms with Crippen LogP contribution in [0.3, 0.4) is 0 Å². The van der Waals surface area contributed by atoms with Crippen LogP contribution in [0.25, 0.3) is 11.0 Å². The highest BCUT2D eigenvalue weighted by molar-refractivity contribution is 5.84. The maximum absolute atomic E-state index is 12.0. The van der Waals surface area contributed by atoms with E-state index < -0.39 is 5.60 Å². The molecule has 1 saturated heterocycles. The molecule has 2 aromatic rings. The predicted molar refractivity (Wildman–Crippen MR) is 119 cm³/mol. The normalized spacial score (nSPS) is 24.2. The molecule has 30 heavy (non-hydrogen) atoms. The maximum Gasteiger partial charge on any atom is 0.251 e. The molecule has 2 heterocycles. The van der Waals surface area contributed by atoms with Gasteiger partial charge in [0.1, 0.15) is 11.2 Å². The number of carbonyl (C=O) groups excluding carboxylic acids is 1. The van der Waals surface area contributed by atoms with Gasteiger partial charge in [0.15, 0.2) is 0 Å². The summed E-state index contributed by atoms with van der Waals surface area (Å²) in [6.45, 7) is 6.62. The first-order chi connectivity index (χ1) is 14.4. The zero-order valence-corrected chi connectivity index (χ0v) is 18.4. The van der Waals surface area contributed by atoms with Crippen molar-refractivity contribution in [3.63, 3.8) is 0 Å². The highest BCUT2D eigenvalue weighted by Gasteiger charge is 2.29. The van der Waals surface area contributed by atoms with Crippen molar-refractivity contribution in [2.24, 2.45) is 5.92 Å². The molecule has 2 N–H and O–H groups in total. The molecule has 164 valence electrons. The minimum Gasteiger partial charge on any atom is -0.464 e. The monoisotopic (exact) mass is 412 g/mol. The van der Waals surface area contributed by atoms with E-state index in [1.165, 1.54) is 62.7 Å². The van der Waals surface area contributed by atoms with E-state index in [1.807, 2.05) is 12.3 Å². The van der Waals surface area contributed by atoms with Gasteiger partial charge in [0.25, 0.3) is 5.91 Å². The molecule has 1 amide bonds. The van der Waals surface area contributed by atoms with Crippen LogP contribution in [0, 0.1) is 5.92 Å². The third kappa shape index (κ3) is 5.06. The second kappa shape index (κ2) is 9.11. The molecule has 0 bridgehead atoms. The first-order valence-corrected chi connectivity index (χ1v) is 11.6. The molecule has 0 radical (unpaired) electrons. The Balaban J connectivity index is 1.17. The lowest BCUT2D eigenvalue weighted by Gasteiger charge is -2.34. The molecule has 1 aromatic heterocycles. The molecule has 0 atom stereocenters. The van der Waals surface area contributed by atoms with Crippen molar-refractivity contribution in [3.05, 3.63) is 36.1 Å². The number of rotatable bonds is 6. The van der Waals surface area contributed by atoms with E-state index >= 15 is 0 Å². The summed E-state index contributed by atoms with van der Waals surface area (Å²) in [5.41, 5.74) is 1.10. The number of piperidine rings is 1. The molecule has 5 heteroatoms. The van der Waals surface area contributed by atoms with Gasteiger partial charge in [-0.05, 0) is 96.3 Å². The predicted octanol–water partition coefficient (Wildman–Crippen LogP) is 4.45. The summed E-state index contributed by atoms with van der Waals surface area (Å²) in [6.07, 6.45) is 10.1. The number of carbonyl (C=O) groups is 1. The Labute approximate surface area is 179 Å². The Bertz CT molecular complexity index is 837. The molecule has 4 rings (SSSR count). The molecular formula is C25H36N2O3. The fourth-order valence-electron chi connectivity index (χ4n) is 5.10. The maximum atomic E-state index is 12.0. The van der Waals surface area contributed by atoms with Crippen molar-refractivity contribution in [3.8, 4) is 0 Å². The molecule has 1 aromatic carbocycles. The van der Waals surface area contributed by atoms with Crippen molar-refractivity contribution in [1.82, 2.24) is 10.2 Å². The Morgan fingerprint density at radius 3 is 2.53 bits per heavy atom. The van der Waals surface area contributed by atoms with Crippen LogP contribution in [0.2, 0.25) is 0 Å². The Hall–Kier alpha value is -1.85. The number of nitrogens with zero attached hydrogens (tertiary/aromatic N) is 1. The van der Waals surface area contributed by atoms with Crippen LogP contribution >= 0.6 is 0 Å². The fourth-order valence-corrected chi connectivity index (χ4v) is 5.10. The van der Waals surface area contributed by atoms with Gasteiger partial charge < -0.3 is 19.7 Å². The Morgan fingerprint density at radius 2 is 1.83 bits per heavy atom. The molecule has 0 spiro atoms. The molecule has 5 nitrogen and oxygen atoms in total. The van der Waals surface area contributed by atoms with Gasteiger partial charge in [0.05, 0.1) is 6.26 Å². The third-order valence-electron chi connectivity index (χ3n) is 7.13. The third-order valence-corrected chi connectivity index (χ3v) is 7.13. The quantitative estimate of drug-likeness (QED) is 0.736. The zero-order valence-electron chi connectivity index (χ0n) is 18.4. The van der Waals surface area contributed by atoms with Crippen molar-refractivity contribution in [1.29, 1.82) is 0 Å². The number of fused-ring (bicyclic) bond motifs is 1. The second-order valence-electron chi connectivity index (χ2n) is 9.84. The summed E-state index contributed by atoms with van der Waals surface area (Å²) in [5, 5.41) is 14.1. The number of furan rings is 1. The average Bonchev–Trinajstić information content (AvgIpc) is 3.17. The van der Waals surface area contributed by atoms with Crippen LogP contribution < -0.4 is 5.32 Å². The summed E-state index contributed by atoms with van der Waals surface area (Å²) < 4.78 is 5.75. The lowest BCUT2D eigenvalue weighted by molar-refractivity contribution is -0.137. The molecule has 2 fully saturated rings. The van der Waals surface area contributed by atoms with Crippen molar-refractivity contribution in [2.75, 3.05) is 19.6 Å². The number of nitrogens with one attached hydrogen (secondary N) is 1. The number of para-hydroxylation sites is 1. The number of hydrogen-bond acceptors (Lipinski definition) is 4. The first-order valence-electron chi connectivity index (χ1n) is 11.6. The zero-order chi connectivity index (χ0) is 21.1. The highest BCUT2D eigenvalue weighted by Crippen LogP contribution is 2.35. The topological polar surface area (TPSA) is 65.7 Å². The first kappa shape index (κ1) is 21.4. The largest absolute Gasteiger partial charge is 0.464 e. The van der Waals surface area contributed by atoms with E-state index in [1.54, 1.807) is 13.8 Å². The summed E-state index contributed by atoms with van der Waals surface area (Å²) in [7, 11) is 0. The van der Waals surface area contributed by atoms with Crippen LogP contribution in [-0.2, 0) is 4.79 Å². The van der Waals surface area contributed by atoms with Crippen molar-refractivity contribution in [2.45, 2.75) is 76.4 Å². The van der Waals surface area contributed by atoms with Gasteiger partial charge in [-0.1, -0.05) is 18.2 Å². The van der Waals surface area contributed by atoms with Crippen molar-refractivity contribution < 1.29 is 14.3 Å². The van der Waals surface area contributed by atoms with Gasteiger partial charge in [-0.15, -0.1) is 0 Å². The van der Waals surface area contributed by atoms with Gasteiger partial charge in [0.2, 0.25) is 0 Å². The number of benzene rings is 1. The van der Waals surface area contributed by atoms with E-state index in [4.69, 9.17) is 4.42 Å². The van der Waals surface area contributed by atoms with E-state index in [-0.39, 0.29) is 11.9 Å². The van der Waals surface area contributed by atoms with Gasteiger partial charge in [-0.3, -0.25) is 4.79 Å². The Morgan fingerprint density at radius 1 is 1.13 bits per heavy atom. The number of amides is 1. The smallest absolute Gasteiger partial charge is 0.251 e. The summed E-state index contributed by atoms with van der Waals surface area (Å²) in [4.78, 5) is 14.6. The van der Waals surface area contributed by atoms with Gasteiger partial charge in [-0.25, -0.2) is 0 Å². The molecule has 2 aliphatic rings. The molecular weight excluding hydrogens is 376 g/mol. The van der Waals surface area contributed by atoms with Crippen molar-refractivity contribution >= 4 is 16.9 Å². The van der Waals surface area contributed by atoms with Gasteiger partial charge in [-0.2, -0.15) is 0 Å². The molecule has 1 saturated carbocycles. The van der Waals surface area contributed by atoms with Crippen LogP contribution in [0.15, 0.2) is 34.9 Å². The number of likely N-dealkylation sites (tertiary alicyclic amines) is 1. The van der Waals surface area contributed by atoms with E-state index in [0.29, 0.717) is 5.92 Å². The van der Waals surface area contributed by atoms with Gasteiger partial charge in [0, 0.05) is 17.0 Å². The second-order valence-corrected chi connectivity index (χ2v) is 9.84. The summed E-state index contributed by atoms with van der Waals surface area (Å²) in [6, 6.07) is 8.59. The lowest BCUT2D eigenvalue weighted by atomic mass is 9.83. The van der Waals surface area contributed by atoms with E-state index in [9.17, 15) is 9.90 Å². The molecule has 1 aliphatic heterocycles. The van der Waals surface area contributed by atoms with Crippen LogP contribution in [0.5, 0.6) is 0 Å². The average molecular weight is 413 g/mol. The lowest BCUT2D eigenvalue weighted by Crippen LogP contribution is -2.47. The SMILES string of the molecule is CC(C)(O)C(=O)NC1CCC(CCN2CCC(c3coc4ccccc34)CC2)CC1. The minimum absolute atomic E-state index is 0.223. The summed E-state index contributed by atoms with van der Waals surface area (Å²) in [5.74, 6) is 1.12. The summed E-state index contributed by atoms with van der Waals surface area (Å²) >= 11 is 0. The molecule has 1 aliphatic carbocycles. The highest BCUT2D eigenvalue weighted by atomic mass is 16.3. The minimum atomic E-state index is -1.29. The standard InChI is InChI=1S/C25H36N2O3/c1-25(2,29)24(28)26-20-9-7-18(8-10-20)11-14-27-15-12-19(13-16-27)22-17-30-23-6-4-3-5-21(22)23/h3-6,17-20,29H,7-16H2,1-2H3,(H,26,28). The Kier molecular flexibility index (Phi) is 6.49. The molecule has 0 unspecified atom stereocenters. The number of hydrogen-bond donors (Lipinski definition) is 2. The van der Waals surface area contributed by atoms with Crippen LogP contribution in [-0.4, -0.2) is 47.2 Å². The van der Waals surface area contributed by atoms with E-state index in [0.717, 1.165) is 24.3 Å².